The molecule has 2 amide bonds. The molecule has 0 aliphatic rings. The third-order valence-electron chi connectivity index (χ3n) is 2.54. The second-order valence-electron chi connectivity index (χ2n) is 5.04. The monoisotopic (exact) mass is 278 g/mol. The highest BCUT2D eigenvalue weighted by Crippen LogP contribution is 2.02. The minimum atomic E-state index is -0.455. The van der Waals surface area contributed by atoms with E-state index in [-0.39, 0.29) is 5.91 Å². The summed E-state index contributed by atoms with van der Waals surface area (Å²) < 4.78 is 4.95. The Morgan fingerprint density at radius 3 is 2.30 bits per heavy atom. The van der Waals surface area contributed by atoms with Gasteiger partial charge in [0.25, 0.3) is 5.91 Å². The zero-order valence-corrected chi connectivity index (χ0v) is 12.2. The molecule has 0 aromatic heterocycles. The van der Waals surface area contributed by atoms with Gasteiger partial charge in [-0.1, -0.05) is 31.5 Å². The van der Waals surface area contributed by atoms with Gasteiger partial charge in [0.05, 0.1) is 6.61 Å². The van der Waals surface area contributed by atoms with Crippen LogP contribution in [0, 0.1) is 12.8 Å². The van der Waals surface area contributed by atoms with Crippen LogP contribution in [0.15, 0.2) is 24.3 Å². The fourth-order valence-electron chi connectivity index (χ4n) is 1.44. The van der Waals surface area contributed by atoms with Gasteiger partial charge in [0.2, 0.25) is 0 Å². The molecule has 5 heteroatoms. The van der Waals surface area contributed by atoms with E-state index in [0.717, 1.165) is 5.56 Å². The summed E-state index contributed by atoms with van der Waals surface area (Å²) in [4.78, 5) is 23.0. The van der Waals surface area contributed by atoms with Gasteiger partial charge in [0.1, 0.15) is 0 Å². The number of amides is 2. The molecular weight excluding hydrogens is 256 g/mol. The van der Waals surface area contributed by atoms with Crippen molar-refractivity contribution < 1.29 is 14.3 Å². The normalized spacial score (nSPS) is 10.2. The molecule has 0 unspecified atom stereocenters. The molecule has 5 nitrogen and oxygen atoms in total. The van der Waals surface area contributed by atoms with Gasteiger partial charge in [0.15, 0.2) is 0 Å². The van der Waals surface area contributed by atoms with Gasteiger partial charge in [-0.2, -0.15) is 0 Å². The van der Waals surface area contributed by atoms with Gasteiger partial charge < -0.3 is 15.4 Å². The molecule has 1 rings (SSSR count). The van der Waals surface area contributed by atoms with Crippen molar-refractivity contribution in [3.8, 4) is 0 Å². The highest BCUT2D eigenvalue weighted by molar-refractivity contribution is 5.94. The number of ether oxygens (including phenoxy) is 1. The third-order valence-corrected chi connectivity index (χ3v) is 2.54. The Labute approximate surface area is 119 Å². The van der Waals surface area contributed by atoms with Gasteiger partial charge in [-0.25, -0.2) is 4.79 Å². The number of carbonyl (C=O) groups excluding carboxylic acids is 2. The van der Waals surface area contributed by atoms with Crippen LogP contribution in [-0.2, 0) is 4.74 Å². The zero-order chi connectivity index (χ0) is 15.0. The molecule has 0 saturated carbocycles. The van der Waals surface area contributed by atoms with Crippen LogP contribution in [0.3, 0.4) is 0 Å². The van der Waals surface area contributed by atoms with E-state index in [2.05, 4.69) is 10.6 Å². The van der Waals surface area contributed by atoms with E-state index in [1.807, 2.05) is 32.9 Å². The Hall–Kier alpha value is -2.04. The first-order valence-corrected chi connectivity index (χ1v) is 6.74. The molecule has 110 valence electrons. The summed E-state index contributed by atoms with van der Waals surface area (Å²) in [6.45, 7) is 7.00. The van der Waals surface area contributed by atoms with Crippen molar-refractivity contribution in [1.29, 1.82) is 0 Å². The lowest BCUT2D eigenvalue weighted by Crippen LogP contribution is -2.35. The van der Waals surface area contributed by atoms with Crippen molar-refractivity contribution in [1.82, 2.24) is 10.6 Å². The Balaban J connectivity index is 2.19. The van der Waals surface area contributed by atoms with Crippen molar-refractivity contribution in [2.24, 2.45) is 5.92 Å². The Kier molecular flexibility index (Phi) is 6.56. The van der Waals surface area contributed by atoms with Crippen LogP contribution >= 0.6 is 0 Å². The topological polar surface area (TPSA) is 67.4 Å². The highest BCUT2D eigenvalue weighted by Gasteiger charge is 2.05. The van der Waals surface area contributed by atoms with E-state index >= 15 is 0 Å². The van der Waals surface area contributed by atoms with Crippen molar-refractivity contribution in [2.45, 2.75) is 20.8 Å². The molecule has 0 bridgehead atoms. The minimum absolute atomic E-state index is 0.151. The molecule has 0 saturated heterocycles. The predicted molar refractivity (Wildman–Crippen MR) is 77.7 cm³/mol. The predicted octanol–water partition coefficient (Wildman–Crippen LogP) is 2.11. The molecule has 2 N–H and O–H groups in total. The summed E-state index contributed by atoms with van der Waals surface area (Å²) in [7, 11) is 0. The van der Waals surface area contributed by atoms with Crippen LogP contribution in [0.1, 0.15) is 29.8 Å². The number of rotatable bonds is 6. The smallest absolute Gasteiger partial charge is 0.407 e. The Morgan fingerprint density at radius 1 is 1.10 bits per heavy atom. The van der Waals surface area contributed by atoms with Crippen LogP contribution in [0.25, 0.3) is 0 Å². The molecule has 1 aromatic rings. The fourth-order valence-corrected chi connectivity index (χ4v) is 1.44. The minimum Gasteiger partial charge on any atom is -0.449 e. The van der Waals surface area contributed by atoms with Gasteiger partial charge in [0, 0.05) is 18.7 Å². The average Bonchev–Trinajstić information content (AvgIpc) is 2.42. The van der Waals surface area contributed by atoms with Gasteiger partial charge in [-0.05, 0) is 25.0 Å². The number of alkyl carbamates (subject to hydrolysis) is 1. The number of carbonyl (C=O) groups is 2. The van der Waals surface area contributed by atoms with Crippen LogP contribution in [0.4, 0.5) is 4.79 Å². The standard InChI is InChI=1S/C15H22N2O3/c1-11(2)10-20-15(19)17-9-8-16-14(18)13-6-4-12(3)5-7-13/h4-7,11H,8-10H2,1-3H3,(H,16,18)(H,17,19). The first kappa shape index (κ1) is 16.0. The summed E-state index contributed by atoms with van der Waals surface area (Å²) in [6.07, 6.45) is -0.455. The highest BCUT2D eigenvalue weighted by atomic mass is 16.5. The SMILES string of the molecule is Cc1ccc(C(=O)NCCNC(=O)OCC(C)C)cc1. The number of nitrogens with one attached hydrogen (secondary N) is 2. The van der Waals surface area contributed by atoms with E-state index in [1.165, 1.54) is 0 Å². The number of hydrogen-bond donors (Lipinski definition) is 2. The Bertz CT molecular complexity index is 441. The molecule has 0 aliphatic heterocycles. The van der Waals surface area contributed by atoms with Crippen LogP contribution < -0.4 is 10.6 Å². The summed E-state index contributed by atoms with van der Waals surface area (Å²) >= 11 is 0. The van der Waals surface area contributed by atoms with Crippen molar-refractivity contribution in [3.05, 3.63) is 35.4 Å². The van der Waals surface area contributed by atoms with Crippen LogP contribution in [0.2, 0.25) is 0 Å². The summed E-state index contributed by atoms with van der Waals surface area (Å²) in [5.41, 5.74) is 1.72. The van der Waals surface area contributed by atoms with Crippen LogP contribution in [0.5, 0.6) is 0 Å². The molecule has 0 radical (unpaired) electrons. The molecule has 0 heterocycles. The molecule has 0 atom stereocenters. The molecule has 1 aromatic carbocycles. The summed E-state index contributed by atoms with van der Waals surface area (Å²) in [5.74, 6) is 0.157. The van der Waals surface area contributed by atoms with E-state index < -0.39 is 6.09 Å². The zero-order valence-electron chi connectivity index (χ0n) is 12.2. The summed E-state index contributed by atoms with van der Waals surface area (Å²) in [5, 5.41) is 5.31. The molecule has 0 spiro atoms. The van der Waals surface area contributed by atoms with Crippen molar-refractivity contribution in [2.75, 3.05) is 19.7 Å². The van der Waals surface area contributed by atoms with Gasteiger partial charge in [-0.15, -0.1) is 0 Å². The van der Waals surface area contributed by atoms with E-state index in [0.29, 0.717) is 31.2 Å². The second kappa shape index (κ2) is 8.19. The Morgan fingerprint density at radius 2 is 1.70 bits per heavy atom. The van der Waals surface area contributed by atoms with E-state index in [1.54, 1.807) is 12.1 Å². The largest absolute Gasteiger partial charge is 0.449 e. The molecule has 20 heavy (non-hydrogen) atoms. The fraction of sp³-hybridized carbons (Fsp3) is 0.467. The van der Waals surface area contributed by atoms with Crippen molar-refractivity contribution in [3.63, 3.8) is 0 Å². The van der Waals surface area contributed by atoms with Gasteiger partial charge in [-0.3, -0.25) is 4.79 Å². The quantitative estimate of drug-likeness (QED) is 0.783. The third kappa shape index (κ3) is 6.22. The number of hydrogen-bond acceptors (Lipinski definition) is 3. The van der Waals surface area contributed by atoms with Crippen molar-refractivity contribution >= 4 is 12.0 Å². The lowest BCUT2D eigenvalue weighted by molar-refractivity contribution is 0.0951. The maximum Gasteiger partial charge on any atom is 0.407 e. The number of benzene rings is 1. The molecule has 0 fully saturated rings. The maximum atomic E-state index is 11.8. The lowest BCUT2D eigenvalue weighted by atomic mass is 10.1. The second-order valence-corrected chi connectivity index (χ2v) is 5.04. The average molecular weight is 278 g/mol. The summed E-state index contributed by atoms with van der Waals surface area (Å²) in [6, 6.07) is 7.32. The maximum absolute atomic E-state index is 11.8. The van der Waals surface area contributed by atoms with Gasteiger partial charge >= 0.3 is 6.09 Å². The molecule has 0 aliphatic carbocycles. The number of aryl methyl sites for hydroxylation is 1. The molecular formula is C15H22N2O3. The van der Waals surface area contributed by atoms with E-state index in [9.17, 15) is 9.59 Å². The lowest BCUT2D eigenvalue weighted by Gasteiger charge is -2.09. The van der Waals surface area contributed by atoms with Crippen LogP contribution in [-0.4, -0.2) is 31.7 Å². The first-order chi connectivity index (χ1) is 9.49. The van der Waals surface area contributed by atoms with E-state index in [4.69, 9.17) is 4.74 Å². The first-order valence-electron chi connectivity index (χ1n) is 6.74.